The smallest absolute Gasteiger partial charge is 0.325 e. The third-order valence-corrected chi connectivity index (χ3v) is 8.20. The highest BCUT2D eigenvalue weighted by Crippen LogP contribution is 2.36. The highest BCUT2D eigenvalue weighted by molar-refractivity contribution is 6.33. The Hall–Kier alpha value is -4.26. The van der Waals surface area contributed by atoms with Gasteiger partial charge in [-0.25, -0.2) is 15.0 Å². The Morgan fingerprint density at radius 1 is 1.02 bits per heavy atom. The number of hydrogen-bond donors (Lipinski definition) is 3. The number of likely N-dealkylation sites (N-methyl/N-ethyl adjacent to an activating group) is 1. The summed E-state index contributed by atoms with van der Waals surface area (Å²) >= 11 is 12.9. The number of primary amides is 1. The third kappa shape index (κ3) is 6.33. The number of ether oxygens (including phenoxy) is 1. The van der Waals surface area contributed by atoms with Gasteiger partial charge >= 0.3 is 5.97 Å². The maximum atomic E-state index is 12.8. The fourth-order valence-corrected chi connectivity index (χ4v) is 5.69. The molecule has 2 aromatic carbocycles. The number of amides is 2. The minimum atomic E-state index is -0.834. The SMILES string of the molecule is CCNC1(C(N)=O)CCN(c2nc(CC(=O)NCC(=O)OC)nc3c2nc(-c2ccccc2Cl)n3-c2ccc(Cl)cc2)CC1. The number of hydrogen-bond acceptors (Lipinski definition) is 9. The van der Waals surface area contributed by atoms with Crippen molar-refractivity contribution in [3.63, 3.8) is 0 Å². The monoisotopic (exact) mass is 638 g/mol. The number of rotatable bonds is 10. The minimum absolute atomic E-state index is 0.205. The van der Waals surface area contributed by atoms with E-state index in [4.69, 9.17) is 43.9 Å². The molecule has 5 rings (SSSR count). The van der Waals surface area contributed by atoms with Crippen LogP contribution in [0.2, 0.25) is 10.0 Å². The van der Waals surface area contributed by atoms with E-state index in [1.165, 1.54) is 7.11 Å². The summed E-state index contributed by atoms with van der Waals surface area (Å²) in [5, 5.41) is 6.85. The van der Waals surface area contributed by atoms with Crippen molar-refractivity contribution in [2.24, 2.45) is 5.73 Å². The van der Waals surface area contributed by atoms with E-state index in [0.717, 1.165) is 5.69 Å². The molecule has 1 aliphatic rings. The van der Waals surface area contributed by atoms with Crippen LogP contribution >= 0.6 is 23.2 Å². The van der Waals surface area contributed by atoms with Gasteiger partial charge in [-0.05, 0) is 55.8 Å². The zero-order chi connectivity index (χ0) is 31.4. The van der Waals surface area contributed by atoms with Gasteiger partial charge in [0.2, 0.25) is 11.8 Å². The number of nitrogens with two attached hydrogens (primary N) is 1. The van der Waals surface area contributed by atoms with E-state index in [1.807, 2.05) is 46.7 Å². The molecule has 0 unspecified atom stereocenters. The number of nitrogens with one attached hydrogen (secondary N) is 2. The second-order valence-corrected chi connectivity index (χ2v) is 11.2. The minimum Gasteiger partial charge on any atom is -0.468 e. The van der Waals surface area contributed by atoms with Crippen LogP contribution in [0.1, 0.15) is 25.6 Å². The Morgan fingerprint density at radius 3 is 2.36 bits per heavy atom. The van der Waals surface area contributed by atoms with Gasteiger partial charge in [-0.1, -0.05) is 42.3 Å². The van der Waals surface area contributed by atoms with Crippen molar-refractivity contribution >= 4 is 58.0 Å². The molecule has 14 heteroatoms. The van der Waals surface area contributed by atoms with E-state index in [2.05, 4.69) is 15.4 Å². The molecule has 0 atom stereocenters. The predicted molar refractivity (Wildman–Crippen MR) is 168 cm³/mol. The molecule has 0 radical (unpaired) electrons. The summed E-state index contributed by atoms with van der Waals surface area (Å²) < 4.78 is 6.48. The summed E-state index contributed by atoms with van der Waals surface area (Å²) in [6.45, 7) is 3.15. The summed E-state index contributed by atoms with van der Waals surface area (Å²) in [5.74, 6) is -0.194. The van der Waals surface area contributed by atoms with Crippen molar-refractivity contribution in [1.29, 1.82) is 0 Å². The number of methoxy groups -OCH3 is 1. The molecule has 230 valence electrons. The Labute approximate surface area is 263 Å². The van der Waals surface area contributed by atoms with Crippen LogP contribution in [0, 0.1) is 0 Å². The first-order valence-electron chi connectivity index (χ1n) is 14.1. The molecule has 0 spiro atoms. The van der Waals surface area contributed by atoms with Crippen LogP contribution < -0.4 is 21.3 Å². The summed E-state index contributed by atoms with van der Waals surface area (Å²) in [6, 6.07) is 14.5. The Morgan fingerprint density at radius 2 is 1.73 bits per heavy atom. The van der Waals surface area contributed by atoms with Gasteiger partial charge in [0, 0.05) is 29.4 Å². The number of carbonyl (C=O) groups excluding carboxylic acids is 3. The normalized spacial score (nSPS) is 14.4. The first-order chi connectivity index (χ1) is 21.2. The molecule has 2 aromatic heterocycles. The number of esters is 1. The molecule has 4 aromatic rings. The standard InChI is InChI=1S/C30H32Cl2N8O4/c1-3-35-30(29(33)43)12-14-39(15-13-30)27-25-28(37-22(36-27)16-23(41)34-17-24(42)44-2)40(19-10-8-18(31)9-11-19)26(38-25)20-6-4-5-7-21(20)32/h4-11,35H,3,12-17H2,1-2H3,(H2,33,43)(H,34,41). The number of imidazole rings is 1. The lowest BCUT2D eigenvalue weighted by Crippen LogP contribution is -2.61. The lowest BCUT2D eigenvalue weighted by molar-refractivity contribution is -0.141. The molecule has 44 heavy (non-hydrogen) atoms. The molecule has 12 nitrogen and oxygen atoms in total. The van der Waals surface area contributed by atoms with Crippen molar-refractivity contribution in [2.75, 3.05) is 38.2 Å². The van der Waals surface area contributed by atoms with Crippen LogP contribution in [0.25, 0.3) is 28.2 Å². The van der Waals surface area contributed by atoms with E-state index < -0.39 is 23.3 Å². The summed E-state index contributed by atoms with van der Waals surface area (Å²) in [7, 11) is 1.24. The number of halogens is 2. The average molecular weight is 640 g/mol. The van der Waals surface area contributed by atoms with E-state index in [-0.39, 0.29) is 18.8 Å². The molecule has 0 bridgehead atoms. The van der Waals surface area contributed by atoms with Crippen LogP contribution in [0.4, 0.5) is 5.82 Å². The van der Waals surface area contributed by atoms with Crippen molar-refractivity contribution in [2.45, 2.75) is 31.7 Å². The van der Waals surface area contributed by atoms with E-state index in [9.17, 15) is 14.4 Å². The summed E-state index contributed by atoms with van der Waals surface area (Å²) in [6.07, 6.45) is 0.696. The third-order valence-electron chi connectivity index (χ3n) is 7.61. The van der Waals surface area contributed by atoms with Gasteiger partial charge in [0.15, 0.2) is 17.0 Å². The predicted octanol–water partition coefficient (Wildman–Crippen LogP) is 3.05. The molecule has 1 fully saturated rings. The molecule has 4 N–H and O–H groups in total. The number of piperidine rings is 1. The number of nitrogens with zero attached hydrogens (tertiary/aromatic N) is 5. The zero-order valence-corrected chi connectivity index (χ0v) is 25.8. The van der Waals surface area contributed by atoms with E-state index in [0.29, 0.717) is 70.9 Å². The number of aromatic nitrogens is 4. The topological polar surface area (TPSA) is 157 Å². The molecular formula is C30H32Cl2N8O4. The summed E-state index contributed by atoms with van der Waals surface area (Å²) in [5.41, 5.74) is 7.31. The second kappa shape index (κ2) is 13.2. The van der Waals surface area contributed by atoms with Gasteiger partial charge in [-0.2, -0.15) is 0 Å². The van der Waals surface area contributed by atoms with Crippen molar-refractivity contribution in [3.05, 3.63) is 64.4 Å². The number of benzene rings is 2. The highest BCUT2D eigenvalue weighted by Gasteiger charge is 2.40. The number of anilines is 1. The van der Waals surface area contributed by atoms with Gasteiger partial charge in [0.25, 0.3) is 0 Å². The fourth-order valence-electron chi connectivity index (χ4n) is 5.34. The lowest BCUT2D eigenvalue weighted by Gasteiger charge is -2.40. The first-order valence-corrected chi connectivity index (χ1v) is 14.8. The second-order valence-electron chi connectivity index (χ2n) is 10.4. The van der Waals surface area contributed by atoms with Crippen molar-refractivity contribution < 1.29 is 19.1 Å². The molecule has 0 aliphatic carbocycles. The molecule has 1 aliphatic heterocycles. The van der Waals surface area contributed by atoms with Crippen molar-refractivity contribution in [3.8, 4) is 17.1 Å². The molecule has 0 saturated carbocycles. The average Bonchev–Trinajstić information content (AvgIpc) is 3.39. The molecule has 1 saturated heterocycles. The number of carbonyl (C=O) groups is 3. The largest absolute Gasteiger partial charge is 0.468 e. The maximum absolute atomic E-state index is 12.8. The van der Waals surface area contributed by atoms with E-state index in [1.54, 1.807) is 18.2 Å². The van der Waals surface area contributed by atoms with E-state index >= 15 is 0 Å². The zero-order valence-electron chi connectivity index (χ0n) is 24.3. The fraction of sp³-hybridized carbons (Fsp3) is 0.333. The quantitative estimate of drug-likeness (QED) is 0.222. The maximum Gasteiger partial charge on any atom is 0.325 e. The Bertz CT molecular complexity index is 1700. The van der Waals surface area contributed by atoms with Crippen LogP contribution in [-0.4, -0.2) is 76.1 Å². The summed E-state index contributed by atoms with van der Waals surface area (Å²) in [4.78, 5) is 53.5. The molecular weight excluding hydrogens is 607 g/mol. The lowest BCUT2D eigenvalue weighted by atomic mass is 9.86. The van der Waals surface area contributed by atoms with Crippen LogP contribution in [-0.2, 0) is 25.5 Å². The van der Waals surface area contributed by atoms with Crippen molar-refractivity contribution in [1.82, 2.24) is 30.2 Å². The first kappa shape index (κ1) is 31.2. The highest BCUT2D eigenvalue weighted by atomic mass is 35.5. The van der Waals surface area contributed by atoms with Crippen LogP contribution in [0.15, 0.2) is 48.5 Å². The van der Waals surface area contributed by atoms with Gasteiger partial charge < -0.3 is 26.0 Å². The van der Waals surface area contributed by atoms with Gasteiger partial charge in [0.1, 0.15) is 23.7 Å². The van der Waals surface area contributed by atoms with Gasteiger partial charge in [-0.3, -0.25) is 19.0 Å². The Kier molecular flexibility index (Phi) is 9.33. The Balaban J connectivity index is 1.67. The molecule has 3 heterocycles. The van der Waals surface area contributed by atoms with Crippen LogP contribution in [0.3, 0.4) is 0 Å². The number of fused-ring (bicyclic) bond motifs is 1. The van der Waals surface area contributed by atoms with Gasteiger partial charge in [0.05, 0.1) is 18.6 Å². The van der Waals surface area contributed by atoms with Gasteiger partial charge in [-0.15, -0.1) is 0 Å². The van der Waals surface area contributed by atoms with Crippen LogP contribution in [0.5, 0.6) is 0 Å². The molecule has 2 amide bonds.